The van der Waals surface area contributed by atoms with Crippen LogP contribution in [0.4, 0.5) is 0 Å². The molecule has 0 heterocycles. The van der Waals surface area contributed by atoms with Gasteiger partial charge in [0.15, 0.2) is 0 Å². The van der Waals surface area contributed by atoms with Gasteiger partial charge in [0.2, 0.25) is 0 Å². The molecule has 2 N–H and O–H groups in total. The summed E-state index contributed by atoms with van der Waals surface area (Å²) in [6.45, 7) is 6.51. The van der Waals surface area contributed by atoms with Crippen molar-refractivity contribution in [2.75, 3.05) is 13.6 Å². The maximum atomic E-state index is 8.60. The van der Waals surface area contributed by atoms with E-state index in [9.17, 15) is 0 Å². The van der Waals surface area contributed by atoms with Crippen molar-refractivity contribution in [1.82, 2.24) is 5.32 Å². The highest BCUT2D eigenvalue weighted by Crippen LogP contribution is 2.00. The minimum atomic E-state index is 0.116. The van der Waals surface area contributed by atoms with E-state index in [0.29, 0.717) is 0 Å². The molecular weight excluding hydrogens is 258 g/mol. The van der Waals surface area contributed by atoms with Crippen molar-refractivity contribution in [3.63, 3.8) is 0 Å². The lowest BCUT2D eigenvalue weighted by atomic mass is 10.1. The SMILES string of the molecule is C=C(O)/C=C\C/C=C\CC.CNCCCc1ccccc1. The summed E-state index contributed by atoms with van der Waals surface area (Å²) in [5.74, 6) is 0.116. The van der Waals surface area contributed by atoms with Crippen molar-refractivity contribution >= 4 is 0 Å². The molecule has 0 aliphatic rings. The van der Waals surface area contributed by atoms with Gasteiger partial charge in [0.25, 0.3) is 0 Å². The standard InChI is InChI=1S/C10H15N.C9H14O/c1-11-9-5-8-10-6-3-2-4-7-10;1-3-4-5-6-7-8-9(2)10/h2-4,6-7,11H,5,8-9H2,1H3;4-5,7-8,10H,2-3,6H2,1H3/b;5-4-,8-7-. The van der Waals surface area contributed by atoms with Crippen molar-refractivity contribution in [2.24, 2.45) is 0 Å². The molecule has 2 nitrogen and oxygen atoms in total. The first kappa shape index (κ1) is 19.2. The minimum absolute atomic E-state index is 0.116. The maximum absolute atomic E-state index is 8.60. The van der Waals surface area contributed by atoms with Gasteiger partial charge in [0.1, 0.15) is 5.76 Å². The number of aryl methyl sites for hydroxylation is 1. The molecule has 0 radical (unpaired) electrons. The van der Waals surface area contributed by atoms with Crippen LogP contribution in [0.3, 0.4) is 0 Å². The second-order valence-corrected chi connectivity index (χ2v) is 4.70. The molecular formula is C19H29NO. The molecule has 0 bridgehead atoms. The van der Waals surface area contributed by atoms with Gasteiger partial charge in [-0.05, 0) is 50.9 Å². The number of rotatable bonds is 8. The van der Waals surface area contributed by atoms with Crippen LogP contribution in [-0.2, 0) is 6.42 Å². The average molecular weight is 287 g/mol. The second kappa shape index (κ2) is 14.6. The quantitative estimate of drug-likeness (QED) is 0.311. The van der Waals surface area contributed by atoms with E-state index in [-0.39, 0.29) is 5.76 Å². The highest BCUT2D eigenvalue weighted by atomic mass is 16.3. The number of hydrogen-bond acceptors (Lipinski definition) is 2. The molecule has 0 unspecified atom stereocenters. The number of nitrogens with one attached hydrogen (secondary N) is 1. The Morgan fingerprint density at radius 1 is 1.19 bits per heavy atom. The zero-order valence-corrected chi connectivity index (χ0v) is 13.4. The van der Waals surface area contributed by atoms with Crippen molar-refractivity contribution < 1.29 is 5.11 Å². The molecule has 0 aromatic heterocycles. The van der Waals surface area contributed by atoms with Crippen LogP contribution in [0.2, 0.25) is 0 Å². The summed E-state index contributed by atoms with van der Waals surface area (Å²) in [6.07, 6.45) is 11.9. The van der Waals surface area contributed by atoms with E-state index in [4.69, 9.17) is 5.11 Å². The van der Waals surface area contributed by atoms with Crippen molar-refractivity contribution in [1.29, 1.82) is 0 Å². The maximum Gasteiger partial charge on any atom is 0.108 e. The van der Waals surface area contributed by atoms with Crippen LogP contribution in [0.1, 0.15) is 31.7 Å². The Morgan fingerprint density at radius 3 is 2.48 bits per heavy atom. The van der Waals surface area contributed by atoms with Gasteiger partial charge in [-0.1, -0.05) is 62.1 Å². The predicted octanol–water partition coefficient (Wildman–Crippen LogP) is 4.81. The Kier molecular flexibility index (Phi) is 13.4. The largest absolute Gasteiger partial charge is 0.509 e. The summed E-state index contributed by atoms with van der Waals surface area (Å²) in [4.78, 5) is 0. The molecule has 116 valence electrons. The van der Waals surface area contributed by atoms with Gasteiger partial charge in [-0.3, -0.25) is 0 Å². The highest BCUT2D eigenvalue weighted by molar-refractivity contribution is 5.14. The monoisotopic (exact) mass is 287 g/mol. The summed E-state index contributed by atoms with van der Waals surface area (Å²) in [6, 6.07) is 10.6. The van der Waals surface area contributed by atoms with Gasteiger partial charge < -0.3 is 10.4 Å². The van der Waals surface area contributed by atoms with Crippen LogP contribution in [0.15, 0.2) is 67.0 Å². The third-order valence-corrected chi connectivity index (χ3v) is 2.72. The van der Waals surface area contributed by atoms with Gasteiger partial charge in [-0.15, -0.1) is 0 Å². The van der Waals surface area contributed by atoms with E-state index >= 15 is 0 Å². The third-order valence-electron chi connectivity index (χ3n) is 2.72. The fourth-order valence-corrected chi connectivity index (χ4v) is 1.66. The van der Waals surface area contributed by atoms with Gasteiger partial charge >= 0.3 is 0 Å². The normalized spacial score (nSPS) is 10.6. The van der Waals surface area contributed by atoms with Crippen LogP contribution in [0, 0.1) is 0 Å². The fourth-order valence-electron chi connectivity index (χ4n) is 1.66. The zero-order valence-electron chi connectivity index (χ0n) is 13.4. The van der Waals surface area contributed by atoms with Crippen LogP contribution in [0.5, 0.6) is 0 Å². The molecule has 0 amide bonds. The van der Waals surface area contributed by atoms with Crippen LogP contribution in [-0.4, -0.2) is 18.7 Å². The number of hydrogen-bond donors (Lipinski definition) is 2. The second-order valence-electron chi connectivity index (χ2n) is 4.70. The van der Waals surface area contributed by atoms with E-state index < -0.39 is 0 Å². The van der Waals surface area contributed by atoms with Crippen LogP contribution in [0.25, 0.3) is 0 Å². The molecule has 0 aliphatic carbocycles. The smallest absolute Gasteiger partial charge is 0.108 e. The highest BCUT2D eigenvalue weighted by Gasteiger charge is 1.88. The Bertz CT molecular complexity index is 407. The first-order valence-electron chi connectivity index (χ1n) is 7.58. The lowest BCUT2D eigenvalue weighted by molar-refractivity contribution is 0.435. The molecule has 0 spiro atoms. The van der Waals surface area contributed by atoms with E-state index in [2.05, 4.69) is 61.3 Å². The van der Waals surface area contributed by atoms with Crippen LogP contribution < -0.4 is 5.32 Å². The number of aliphatic hydroxyl groups excluding tert-OH is 1. The van der Waals surface area contributed by atoms with Crippen molar-refractivity contribution in [2.45, 2.75) is 32.6 Å². The molecule has 0 saturated heterocycles. The molecule has 1 aromatic rings. The molecule has 0 fully saturated rings. The predicted molar refractivity (Wildman–Crippen MR) is 93.6 cm³/mol. The first-order chi connectivity index (χ1) is 10.2. The first-order valence-corrected chi connectivity index (χ1v) is 7.58. The average Bonchev–Trinajstić information content (AvgIpc) is 2.49. The van der Waals surface area contributed by atoms with Crippen molar-refractivity contribution in [3.8, 4) is 0 Å². The van der Waals surface area contributed by atoms with Crippen LogP contribution >= 0.6 is 0 Å². The molecule has 1 aromatic carbocycles. The molecule has 0 atom stereocenters. The fraction of sp³-hybridized carbons (Fsp3) is 0.368. The summed E-state index contributed by atoms with van der Waals surface area (Å²) in [7, 11) is 1.99. The molecule has 2 heteroatoms. The van der Waals surface area contributed by atoms with Gasteiger partial charge in [-0.2, -0.15) is 0 Å². The third kappa shape index (κ3) is 14.4. The molecule has 21 heavy (non-hydrogen) atoms. The lowest BCUT2D eigenvalue weighted by Gasteiger charge is -1.99. The Morgan fingerprint density at radius 2 is 1.90 bits per heavy atom. The van der Waals surface area contributed by atoms with Crippen molar-refractivity contribution in [3.05, 3.63) is 72.5 Å². The van der Waals surface area contributed by atoms with Gasteiger partial charge in [-0.25, -0.2) is 0 Å². The summed E-state index contributed by atoms with van der Waals surface area (Å²) in [5, 5.41) is 11.7. The Balaban J connectivity index is 0.000000384. The molecule has 1 rings (SSSR count). The lowest BCUT2D eigenvalue weighted by Crippen LogP contribution is -2.08. The van der Waals surface area contributed by atoms with E-state index in [1.807, 2.05) is 13.1 Å². The summed E-state index contributed by atoms with van der Waals surface area (Å²) < 4.78 is 0. The number of aliphatic hydroxyl groups is 1. The molecule has 0 aliphatic heterocycles. The summed E-state index contributed by atoms with van der Waals surface area (Å²) in [5.41, 5.74) is 1.43. The number of allylic oxidation sites excluding steroid dienone is 4. The summed E-state index contributed by atoms with van der Waals surface area (Å²) >= 11 is 0. The van der Waals surface area contributed by atoms with E-state index in [1.165, 1.54) is 18.4 Å². The zero-order chi connectivity index (χ0) is 15.8. The Labute approximate surface area is 129 Å². The Hall–Kier alpha value is -1.80. The topological polar surface area (TPSA) is 32.3 Å². The molecule has 0 saturated carbocycles. The van der Waals surface area contributed by atoms with Gasteiger partial charge in [0, 0.05) is 0 Å². The minimum Gasteiger partial charge on any atom is -0.509 e. The number of benzene rings is 1. The van der Waals surface area contributed by atoms with Gasteiger partial charge in [0.05, 0.1) is 0 Å². The van der Waals surface area contributed by atoms with E-state index in [0.717, 1.165) is 19.4 Å². The van der Waals surface area contributed by atoms with E-state index in [1.54, 1.807) is 6.08 Å².